The molecular formula is C11H10FN3O. The minimum Gasteiger partial charge on any atom is -0.390 e. The molecule has 0 bridgehead atoms. The topological polar surface area (TPSA) is 50.4 Å². The summed E-state index contributed by atoms with van der Waals surface area (Å²) < 4.78 is 15.1. The van der Waals surface area contributed by atoms with Crippen LogP contribution in [0.4, 0.5) is 10.1 Å². The van der Waals surface area contributed by atoms with Crippen LogP contribution < -0.4 is 0 Å². The lowest BCUT2D eigenvalue weighted by Gasteiger charge is -2.03. The van der Waals surface area contributed by atoms with Crippen molar-refractivity contribution in [2.45, 2.75) is 6.61 Å². The van der Waals surface area contributed by atoms with Gasteiger partial charge in [0, 0.05) is 12.3 Å². The maximum atomic E-state index is 13.6. The molecule has 16 heavy (non-hydrogen) atoms. The largest absolute Gasteiger partial charge is 0.390 e. The zero-order valence-corrected chi connectivity index (χ0v) is 8.47. The van der Waals surface area contributed by atoms with Crippen molar-refractivity contribution >= 4 is 12.4 Å². The van der Waals surface area contributed by atoms with Crippen LogP contribution in [0.25, 0.3) is 5.69 Å². The fourth-order valence-electron chi connectivity index (χ4n) is 1.38. The van der Waals surface area contributed by atoms with Crippen LogP contribution in [-0.2, 0) is 6.61 Å². The van der Waals surface area contributed by atoms with Crippen molar-refractivity contribution in [1.82, 2.24) is 9.55 Å². The van der Waals surface area contributed by atoms with Gasteiger partial charge in [-0.05, 0) is 18.9 Å². The van der Waals surface area contributed by atoms with E-state index in [1.807, 2.05) is 0 Å². The first-order valence-corrected chi connectivity index (χ1v) is 4.65. The van der Waals surface area contributed by atoms with Gasteiger partial charge >= 0.3 is 0 Å². The molecule has 1 heterocycles. The Balaban J connectivity index is 2.43. The maximum absolute atomic E-state index is 13.6. The van der Waals surface area contributed by atoms with Crippen molar-refractivity contribution < 1.29 is 9.50 Å². The molecule has 0 saturated carbocycles. The third kappa shape index (κ3) is 1.85. The summed E-state index contributed by atoms with van der Waals surface area (Å²) in [6.45, 7) is 3.16. The van der Waals surface area contributed by atoms with Crippen LogP contribution in [0.3, 0.4) is 0 Å². The molecule has 0 fully saturated rings. The van der Waals surface area contributed by atoms with Crippen LogP contribution in [0.1, 0.15) is 5.69 Å². The zero-order valence-electron chi connectivity index (χ0n) is 8.47. The lowest BCUT2D eigenvalue weighted by atomic mass is 10.2. The molecule has 5 heteroatoms. The quantitative estimate of drug-likeness (QED) is 0.801. The molecule has 0 aliphatic carbocycles. The number of aromatic nitrogens is 2. The van der Waals surface area contributed by atoms with Gasteiger partial charge in [-0.1, -0.05) is 0 Å². The Morgan fingerprint density at radius 3 is 2.88 bits per heavy atom. The lowest BCUT2D eigenvalue weighted by molar-refractivity contribution is 0.277. The van der Waals surface area contributed by atoms with E-state index in [9.17, 15) is 4.39 Å². The number of hydrogen-bond acceptors (Lipinski definition) is 3. The van der Waals surface area contributed by atoms with Crippen molar-refractivity contribution in [3.8, 4) is 5.69 Å². The zero-order chi connectivity index (χ0) is 11.5. The van der Waals surface area contributed by atoms with E-state index in [4.69, 9.17) is 5.11 Å². The number of halogens is 1. The molecule has 82 valence electrons. The first kappa shape index (κ1) is 10.5. The van der Waals surface area contributed by atoms with Crippen molar-refractivity contribution in [1.29, 1.82) is 0 Å². The molecule has 0 atom stereocenters. The minimum atomic E-state index is -0.410. The van der Waals surface area contributed by atoms with Gasteiger partial charge in [0.25, 0.3) is 0 Å². The second kappa shape index (κ2) is 4.24. The molecule has 0 aliphatic rings. The van der Waals surface area contributed by atoms with Crippen LogP contribution in [0.15, 0.2) is 35.7 Å². The van der Waals surface area contributed by atoms with Gasteiger partial charge in [0.15, 0.2) is 0 Å². The highest BCUT2D eigenvalue weighted by Gasteiger charge is 2.06. The van der Waals surface area contributed by atoms with Crippen molar-refractivity contribution in [3.63, 3.8) is 0 Å². The first-order valence-electron chi connectivity index (χ1n) is 4.65. The van der Waals surface area contributed by atoms with Crippen LogP contribution in [0.2, 0.25) is 0 Å². The van der Waals surface area contributed by atoms with Gasteiger partial charge in [0.2, 0.25) is 0 Å². The Bertz CT molecular complexity index is 522. The summed E-state index contributed by atoms with van der Waals surface area (Å²) in [5.41, 5.74) is 1.33. The normalized spacial score (nSPS) is 10.4. The molecule has 1 aromatic carbocycles. The van der Waals surface area contributed by atoms with E-state index in [0.29, 0.717) is 17.1 Å². The van der Waals surface area contributed by atoms with Crippen LogP contribution in [0, 0.1) is 5.82 Å². The Labute approximate surface area is 91.7 Å². The molecular weight excluding hydrogens is 209 g/mol. The molecule has 0 aliphatic heterocycles. The number of aliphatic imine (C=N–C) groups is 1. The van der Waals surface area contributed by atoms with E-state index in [1.54, 1.807) is 18.3 Å². The fourth-order valence-corrected chi connectivity index (χ4v) is 1.38. The maximum Gasteiger partial charge on any atom is 0.149 e. The van der Waals surface area contributed by atoms with Crippen molar-refractivity contribution in [3.05, 3.63) is 42.2 Å². The standard InChI is InChI=1S/C11H10FN3O/c1-13-8-2-3-11(10(12)4-8)15-5-9(6-16)14-7-15/h2-5,7,16H,1,6H2. The van der Waals surface area contributed by atoms with E-state index in [2.05, 4.69) is 16.7 Å². The molecule has 0 amide bonds. The second-order valence-electron chi connectivity index (χ2n) is 3.22. The van der Waals surface area contributed by atoms with Crippen LogP contribution >= 0.6 is 0 Å². The van der Waals surface area contributed by atoms with Gasteiger partial charge < -0.3 is 9.67 Å². The SMILES string of the molecule is C=Nc1ccc(-n2cnc(CO)c2)c(F)c1. The fraction of sp³-hybridized carbons (Fsp3) is 0.0909. The number of rotatable bonds is 3. The number of aliphatic hydroxyl groups excluding tert-OH is 1. The molecule has 4 nitrogen and oxygen atoms in total. The highest BCUT2D eigenvalue weighted by atomic mass is 19.1. The van der Waals surface area contributed by atoms with Gasteiger partial charge in [0.1, 0.15) is 5.82 Å². The second-order valence-corrected chi connectivity index (χ2v) is 3.22. The molecule has 0 radical (unpaired) electrons. The third-order valence-corrected chi connectivity index (χ3v) is 2.19. The highest BCUT2D eigenvalue weighted by Crippen LogP contribution is 2.20. The number of imidazole rings is 1. The van der Waals surface area contributed by atoms with Gasteiger partial charge in [0.05, 0.1) is 30.0 Å². The summed E-state index contributed by atoms with van der Waals surface area (Å²) in [7, 11) is 0. The Morgan fingerprint density at radius 1 is 1.50 bits per heavy atom. The summed E-state index contributed by atoms with van der Waals surface area (Å²) in [6, 6.07) is 4.53. The number of aliphatic hydroxyl groups is 1. The highest BCUT2D eigenvalue weighted by molar-refractivity contribution is 5.50. The predicted molar refractivity (Wildman–Crippen MR) is 58.7 cm³/mol. The van der Waals surface area contributed by atoms with E-state index >= 15 is 0 Å². The molecule has 0 spiro atoms. The lowest BCUT2D eigenvalue weighted by Crippen LogP contribution is -1.94. The minimum absolute atomic E-state index is 0.166. The summed E-state index contributed by atoms with van der Waals surface area (Å²) >= 11 is 0. The molecule has 2 rings (SSSR count). The van der Waals surface area contributed by atoms with Crippen molar-refractivity contribution in [2.24, 2.45) is 4.99 Å². The van der Waals surface area contributed by atoms with Crippen LogP contribution in [0.5, 0.6) is 0 Å². The van der Waals surface area contributed by atoms with E-state index in [-0.39, 0.29) is 6.61 Å². The van der Waals surface area contributed by atoms with Gasteiger partial charge in [-0.2, -0.15) is 0 Å². The number of benzene rings is 1. The Morgan fingerprint density at radius 2 is 2.31 bits per heavy atom. The van der Waals surface area contributed by atoms with Gasteiger partial charge in [-0.25, -0.2) is 9.37 Å². The number of hydrogen-bond donors (Lipinski definition) is 1. The Kier molecular flexibility index (Phi) is 2.78. The Hall–Kier alpha value is -2.01. The summed E-state index contributed by atoms with van der Waals surface area (Å²) in [5.74, 6) is -0.410. The average molecular weight is 219 g/mol. The van der Waals surface area contributed by atoms with E-state index in [1.165, 1.54) is 17.0 Å². The summed E-state index contributed by atoms with van der Waals surface area (Å²) in [6.07, 6.45) is 3.02. The first-order chi connectivity index (χ1) is 7.74. The molecule has 2 aromatic rings. The summed E-state index contributed by atoms with van der Waals surface area (Å²) in [4.78, 5) is 7.54. The summed E-state index contributed by atoms with van der Waals surface area (Å²) in [5, 5.41) is 8.86. The average Bonchev–Trinajstić information content (AvgIpc) is 2.77. The van der Waals surface area contributed by atoms with E-state index < -0.39 is 5.82 Å². The predicted octanol–water partition coefficient (Wildman–Crippen LogP) is 1.84. The monoisotopic (exact) mass is 219 g/mol. The number of nitrogens with zero attached hydrogens (tertiary/aromatic N) is 3. The van der Waals surface area contributed by atoms with Gasteiger partial charge in [-0.15, -0.1) is 0 Å². The molecule has 0 saturated heterocycles. The third-order valence-electron chi connectivity index (χ3n) is 2.19. The molecule has 1 aromatic heterocycles. The molecule has 0 unspecified atom stereocenters. The van der Waals surface area contributed by atoms with E-state index in [0.717, 1.165) is 0 Å². The molecule has 1 N–H and O–H groups in total. The van der Waals surface area contributed by atoms with Crippen LogP contribution in [-0.4, -0.2) is 21.4 Å². The smallest absolute Gasteiger partial charge is 0.149 e. The van der Waals surface area contributed by atoms with Gasteiger partial charge in [-0.3, -0.25) is 4.99 Å². The van der Waals surface area contributed by atoms with Crippen molar-refractivity contribution in [2.75, 3.05) is 0 Å².